The summed E-state index contributed by atoms with van der Waals surface area (Å²) in [6.45, 7) is 3.37. The smallest absolute Gasteiger partial charge is 0.416 e. The molecule has 0 aliphatic rings. The third kappa shape index (κ3) is 4.56. The molecule has 0 fully saturated rings. The lowest BCUT2D eigenvalue weighted by molar-refractivity contribution is -0.143. The number of aryl methyl sites for hydroxylation is 1. The summed E-state index contributed by atoms with van der Waals surface area (Å²) in [4.78, 5) is 11.8. The van der Waals surface area contributed by atoms with Crippen molar-refractivity contribution in [2.45, 2.75) is 32.4 Å². The summed E-state index contributed by atoms with van der Waals surface area (Å²) in [5, 5.41) is 7.51. The number of esters is 1. The molecule has 1 aromatic heterocycles. The van der Waals surface area contributed by atoms with Crippen LogP contribution in [0.2, 0.25) is 0 Å². The van der Waals surface area contributed by atoms with Crippen LogP contribution in [0.25, 0.3) is 0 Å². The zero-order valence-corrected chi connectivity index (χ0v) is 14.4. The SMILES string of the molecule is CCOC(=O)CC(c1cc(Br)cc(C(F)(F)F)c1)c1nnc(C)o1. The minimum Gasteiger partial charge on any atom is -0.466 e. The first-order valence-corrected chi connectivity index (χ1v) is 7.83. The lowest BCUT2D eigenvalue weighted by Crippen LogP contribution is -2.13. The molecule has 0 spiro atoms. The molecule has 0 aliphatic heterocycles. The summed E-state index contributed by atoms with van der Waals surface area (Å²) in [5.74, 6) is -1.08. The Morgan fingerprint density at radius 2 is 2.04 bits per heavy atom. The highest BCUT2D eigenvalue weighted by Gasteiger charge is 2.33. The standard InChI is InChI=1S/C15H14BrF3N2O3/c1-3-23-13(22)7-12(14-21-20-8(2)24-14)9-4-10(15(17,18)19)6-11(16)5-9/h4-6,12H,3,7H2,1-2H3. The quantitative estimate of drug-likeness (QED) is 0.694. The van der Waals surface area contributed by atoms with Crippen molar-refractivity contribution in [3.8, 4) is 0 Å². The number of nitrogens with zero attached hydrogens (tertiary/aromatic N) is 2. The molecule has 2 rings (SSSR count). The van der Waals surface area contributed by atoms with Gasteiger partial charge in [-0.15, -0.1) is 10.2 Å². The van der Waals surface area contributed by atoms with E-state index < -0.39 is 23.6 Å². The van der Waals surface area contributed by atoms with Gasteiger partial charge in [0.2, 0.25) is 11.8 Å². The van der Waals surface area contributed by atoms with Crippen molar-refractivity contribution in [2.24, 2.45) is 0 Å². The first-order chi connectivity index (χ1) is 11.2. The summed E-state index contributed by atoms with van der Waals surface area (Å²) >= 11 is 3.07. The van der Waals surface area contributed by atoms with Crippen molar-refractivity contribution in [2.75, 3.05) is 6.61 Å². The van der Waals surface area contributed by atoms with Crippen LogP contribution >= 0.6 is 15.9 Å². The van der Waals surface area contributed by atoms with Crippen molar-refractivity contribution in [3.05, 3.63) is 45.6 Å². The third-order valence-electron chi connectivity index (χ3n) is 3.17. The van der Waals surface area contributed by atoms with Crippen molar-refractivity contribution >= 4 is 21.9 Å². The number of hydrogen-bond acceptors (Lipinski definition) is 5. The number of aromatic nitrogens is 2. The molecule has 0 aliphatic carbocycles. The van der Waals surface area contributed by atoms with Gasteiger partial charge < -0.3 is 9.15 Å². The van der Waals surface area contributed by atoms with Gasteiger partial charge in [-0.2, -0.15) is 13.2 Å². The molecule has 0 saturated heterocycles. The molecule has 24 heavy (non-hydrogen) atoms. The highest BCUT2D eigenvalue weighted by atomic mass is 79.9. The molecular weight excluding hydrogens is 393 g/mol. The Morgan fingerprint density at radius 1 is 1.33 bits per heavy atom. The Morgan fingerprint density at radius 3 is 2.58 bits per heavy atom. The first-order valence-electron chi connectivity index (χ1n) is 7.04. The molecule has 1 atom stereocenters. The molecule has 9 heteroatoms. The van der Waals surface area contributed by atoms with E-state index >= 15 is 0 Å². The van der Waals surface area contributed by atoms with E-state index in [4.69, 9.17) is 9.15 Å². The van der Waals surface area contributed by atoms with Crippen LogP contribution in [0.5, 0.6) is 0 Å². The number of halogens is 4. The van der Waals surface area contributed by atoms with E-state index in [2.05, 4.69) is 26.1 Å². The largest absolute Gasteiger partial charge is 0.466 e. The number of carbonyl (C=O) groups is 1. The predicted molar refractivity (Wildman–Crippen MR) is 81.3 cm³/mol. The second kappa shape index (κ2) is 7.33. The summed E-state index contributed by atoms with van der Waals surface area (Å²) in [5.41, 5.74) is -0.606. The number of rotatable bonds is 5. The molecule has 0 radical (unpaired) electrons. The molecule has 5 nitrogen and oxygen atoms in total. The number of benzene rings is 1. The highest BCUT2D eigenvalue weighted by Crippen LogP contribution is 2.36. The molecule has 0 N–H and O–H groups in total. The van der Waals surface area contributed by atoms with E-state index in [1.54, 1.807) is 13.8 Å². The highest BCUT2D eigenvalue weighted by molar-refractivity contribution is 9.10. The van der Waals surface area contributed by atoms with E-state index in [0.29, 0.717) is 0 Å². The molecule has 1 unspecified atom stereocenters. The lowest BCUT2D eigenvalue weighted by Gasteiger charge is -2.16. The normalized spacial score (nSPS) is 12.9. The molecule has 0 bridgehead atoms. The summed E-state index contributed by atoms with van der Waals surface area (Å²) in [6, 6.07) is 3.41. The molecule has 0 saturated carbocycles. The third-order valence-corrected chi connectivity index (χ3v) is 3.62. The maximum Gasteiger partial charge on any atom is 0.416 e. The fraction of sp³-hybridized carbons (Fsp3) is 0.400. The number of ether oxygens (including phenoxy) is 1. The van der Waals surface area contributed by atoms with Crippen molar-refractivity contribution in [1.29, 1.82) is 0 Å². The van der Waals surface area contributed by atoms with Gasteiger partial charge in [-0.3, -0.25) is 4.79 Å². The Bertz CT molecular complexity index is 731. The van der Waals surface area contributed by atoms with Crippen LogP contribution in [0.4, 0.5) is 13.2 Å². The zero-order chi connectivity index (χ0) is 17.9. The van der Waals surface area contributed by atoms with Gasteiger partial charge in [-0.05, 0) is 30.7 Å². The van der Waals surface area contributed by atoms with Crippen LogP contribution in [0.1, 0.15) is 42.2 Å². The zero-order valence-electron chi connectivity index (χ0n) is 12.9. The summed E-state index contributed by atoms with van der Waals surface area (Å²) in [6.07, 6.45) is -4.72. The van der Waals surface area contributed by atoms with Gasteiger partial charge in [0.25, 0.3) is 0 Å². The maximum atomic E-state index is 13.0. The van der Waals surface area contributed by atoms with E-state index in [9.17, 15) is 18.0 Å². The van der Waals surface area contributed by atoms with Crippen LogP contribution in [0.3, 0.4) is 0 Å². The average Bonchev–Trinajstić information content (AvgIpc) is 2.90. The van der Waals surface area contributed by atoms with E-state index in [0.717, 1.165) is 12.1 Å². The fourth-order valence-corrected chi connectivity index (χ4v) is 2.68. The van der Waals surface area contributed by atoms with Crippen LogP contribution in [0, 0.1) is 6.92 Å². The molecule has 130 valence electrons. The average molecular weight is 407 g/mol. The van der Waals surface area contributed by atoms with Crippen molar-refractivity contribution in [1.82, 2.24) is 10.2 Å². The van der Waals surface area contributed by atoms with Gasteiger partial charge in [0.1, 0.15) is 0 Å². The van der Waals surface area contributed by atoms with E-state index in [1.165, 1.54) is 6.07 Å². The van der Waals surface area contributed by atoms with Crippen LogP contribution < -0.4 is 0 Å². The van der Waals surface area contributed by atoms with E-state index in [1.807, 2.05) is 0 Å². The summed E-state index contributed by atoms with van der Waals surface area (Å²) < 4.78 is 49.6. The van der Waals surface area contributed by atoms with Crippen LogP contribution in [-0.2, 0) is 15.7 Å². The fourth-order valence-electron chi connectivity index (χ4n) is 2.16. The molecular formula is C15H14BrF3N2O3. The van der Waals surface area contributed by atoms with Gasteiger partial charge >= 0.3 is 12.1 Å². The molecule has 2 aromatic rings. The van der Waals surface area contributed by atoms with Crippen LogP contribution in [0.15, 0.2) is 27.1 Å². The number of alkyl halides is 3. The Balaban J connectivity index is 2.47. The van der Waals surface area contributed by atoms with E-state index in [-0.39, 0.29) is 34.8 Å². The molecule has 0 amide bonds. The second-order valence-electron chi connectivity index (χ2n) is 4.99. The Labute approximate surface area is 144 Å². The predicted octanol–water partition coefficient (Wildman–Crippen LogP) is 4.24. The topological polar surface area (TPSA) is 65.2 Å². The van der Waals surface area contributed by atoms with Crippen molar-refractivity contribution < 1.29 is 27.1 Å². The maximum absolute atomic E-state index is 13.0. The van der Waals surface area contributed by atoms with Gasteiger partial charge in [0.15, 0.2) is 0 Å². The van der Waals surface area contributed by atoms with Crippen LogP contribution in [-0.4, -0.2) is 22.8 Å². The minimum absolute atomic E-state index is 0.0618. The summed E-state index contributed by atoms with van der Waals surface area (Å²) in [7, 11) is 0. The number of carbonyl (C=O) groups excluding carboxylic acids is 1. The first kappa shape index (κ1) is 18.4. The molecule has 1 heterocycles. The van der Waals surface area contributed by atoms with Gasteiger partial charge in [0.05, 0.1) is 24.5 Å². The Hall–Kier alpha value is -1.90. The lowest BCUT2D eigenvalue weighted by atomic mass is 9.94. The van der Waals surface area contributed by atoms with Gasteiger partial charge in [-0.25, -0.2) is 0 Å². The monoisotopic (exact) mass is 406 g/mol. The van der Waals surface area contributed by atoms with Crippen molar-refractivity contribution in [3.63, 3.8) is 0 Å². The second-order valence-corrected chi connectivity index (χ2v) is 5.91. The van der Waals surface area contributed by atoms with Gasteiger partial charge in [0, 0.05) is 11.4 Å². The molecule has 1 aromatic carbocycles. The van der Waals surface area contributed by atoms with Gasteiger partial charge in [-0.1, -0.05) is 15.9 Å². The number of hydrogen-bond donors (Lipinski definition) is 0. The Kier molecular flexibility index (Phi) is 5.63. The minimum atomic E-state index is -4.52.